The molecule has 2 rings (SSSR count). The van der Waals surface area contributed by atoms with Gasteiger partial charge in [-0.3, -0.25) is 4.79 Å². The maximum atomic E-state index is 11.1. The van der Waals surface area contributed by atoms with Crippen LogP contribution >= 0.6 is 11.6 Å². The third-order valence-electron chi connectivity index (χ3n) is 2.82. The minimum atomic E-state index is 0.476. The molecule has 0 saturated carbocycles. The van der Waals surface area contributed by atoms with Gasteiger partial charge in [0.05, 0.1) is 11.4 Å². The molecule has 3 nitrogen and oxygen atoms in total. The smallest absolute Gasteiger partial charge is 0.152 e. The van der Waals surface area contributed by atoms with Crippen LogP contribution in [0.3, 0.4) is 0 Å². The second-order valence-corrected chi connectivity index (χ2v) is 4.67. The van der Waals surface area contributed by atoms with Crippen LogP contribution in [0.4, 0.5) is 11.4 Å². The highest BCUT2D eigenvalue weighted by Crippen LogP contribution is 2.28. The number of hydrogen-bond acceptors (Lipinski definition) is 3. The molecule has 0 aliphatic rings. The lowest BCUT2D eigenvalue weighted by Gasteiger charge is -2.04. The number of hydrogen-bond donors (Lipinski definition) is 0. The van der Waals surface area contributed by atoms with Crippen molar-refractivity contribution in [2.75, 3.05) is 0 Å². The standard InChI is InChI=1S/C15H13ClN2O/c1-10-4-3-5-12(8-10)17-18-15-7-6-14(16)11(2)13(15)9-19/h3-9H,1-2H3. The molecule has 0 bridgehead atoms. The molecule has 0 fully saturated rings. The van der Waals surface area contributed by atoms with Gasteiger partial charge in [0.2, 0.25) is 0 Å². The Balaban J connectivity index is 2.39. The van der Waals surface area contributed by atoms with Crippen molar-refractivity contribution in [1.82, 2.24) is 0 Å². The van der Waals surface area contributed by atoms with Gasteiger partial charge in [0.25, 0.3) is 0 Å². The molecule has 19 heavy (non-hydrogen) atoms. The van der Waals surface area contributed by atoms with Gasteiger partial charge in [0.1, 0.15) is 0 Å². The molecule has 0 saturated heterocycles. The van der Waals surface area contributed by atoms with Gasteiger partial charge >= 0.3 is 0 Å². The molecule has 0 atom stereocenters. The van der Waals surface area contributed by atoms with Gasteiger partial charge in [-0.15, -0.1) is 5.11 Å². The van der Waals surface area contributed by atoms with Crippen molar-refractivity contribution < 1.29 is 4.79 Å². The van der Waals surface area contributed by atoms with E-state index in [0.29, 0.717) is 16.3 Å². The van der Waals surface area contributed by atoms with E-state index >= 15 is 0 Å². The summed E-state index contributed by atoms with van der Waals surface area (Å²) in [5.41, 5.74) is 3.59. The molecule has 96 valence electrons. The Kier molecular flexibility index (Phi) is 4.07. The number of carbonyl (C=O) groups excluding carboxylic acids is 1. The van der Waals surface area contributed by atoms with Crippen molar-refractivity contribution in [2.24, 2.45) is 10.2 Å². The lowest BCUT2D eigenvalue weighted by Crippen LogP contribution is -1.87. The SMILES string of the molecule is Cc1cccc(N=Nc2ccc(Cl)c(C)c2C=O)c1. The Bertz CT molecular complexity index is 651. The van der Waals surface area contributed by atoms with E-state index in [2.05, 4.69) is 10.2 Å². The van der Waals surface area contributed by atoms with Crippen molar-refractivity contribution in [3.05, 3.63) is 58.1 Å². The molecular formula is C15H13ClN2O. The fourth-order valence-corrected chi connectivity index (χ4v) is 1.89. The van der Waals surface area contributed by atoms with Gasteiger partial charge < -0.3 is 0 Å². The monoisotopic (exact) mass is 272 g/mol. The minimum Gasteiger partial charge on any atom is -0.298 e. The van der Waals surface area contributed by atoms with E-state index in [1.807, 2.05) is 31.2 Å². The van der Waals surface area contributed by atoms with Crippen LogP contribution in [0.2, 0.25) is 5.02 Å². The van der Waals surface area contributed by atoms with Crippen LogP contribution in [-0.2, 0) is 0 Å². The number of benzene rings is 2. The highest BCUT2D eigenvalue weighted by Gasteiger charge is 2.07. The van der Waals surface area contributed by atoms with Gasteiger partial charge in [-0.2, -0.15) is 5.11 Å². The molecule has 2 aromatic rings. The lowest BCUT2D eigenvalue weighted by molar-refractivity contribution is 0.112. The van der Waals surface area contributed by atoms with E-state index in [0.717, 1.165) is 23.1 Å². The average molecular weight is 273 g/mol. The number of rotatable bonds is 3. The third-order valence-corrected chi connectivity index (χ3v) is 3.23. The fourth-order valence-electron chi connectivity index (χ4n) is 1.73. The van der Waals surface area contributed by atoms with Crippen LogP contribution in [0, 0.1) is 13.8 Å². The second-order valence-electron chi connectivity index (χ2n) is 4.26. The van der Waals surface area contributed by atoms with Gasteiger partial charge in [0.15, 0.2) is 6.29 Å². The topological polar surface area (TPSA) is 41.8 Å². The minimum absolute atomic E-state index is 0.476. The molecule has 0 unspecified atom stereocenters. The third kappa shape index (κ3) is 3.06. The van der Waals surface area contributed by atoms with Crippen LogP contribution < -0.4 is 0 Å². The van der Waals surface area contributed by atoms with E-state index in [1.54, 1.807) is 19.1 Å². The summed E-state index contributed by atoms with van der Waals surface area (Å²) in [5, 5.41) is 8.82. The Morgan fingerprint density at radius 3 is 2.58 bits per heavy atom. The zero-order valence-corrected chi connectivity index (χ0v) is 11.5. The molecule has 0 heterocycles. The summed E-state index contributed by atoms with van der Waals surface area (Å²) in [7, 11) is 0. The number of carbonyl (C=O) groups is 1. The molecule has 2 aromatic carbocycles. The van der Waals surface area contributed by atoms with E-state index in [1.165, 1.54) is 0 Å². The number of halogens is 1. The van der Waals surface area contributed by atoms with Crippen LogP contribution in [-0.4, -0.2) is 6.29 Å². The summed E-state index contributed by atoms with van der Waals surface area (Å²) < 4.78 is 0. The van der Waals surface area contributed by atoms with Crippen molar-refractivity contribution in [3.8, 4) is 0 Å². The Morgan fingerprint density at radius 1 is 1.11 bits per heavy atom. The van der Waals surface area contributed by atoms with Crippen LogP contribution in [0.1, 0.15) is 21.5 Å². The molecule has 0 N–H and O–H groups in total. The molecule has 0 radical (unpaired) electrons. The number of aryl methyl sites for hydroxylation is 1. The van der Waals surface area contributed by atoms with Crippen LogP contribution in [0.5, 0.6) is 0 Å². The molecule has 0 aromatic heterocycles. The highest BCUT2D eigenvalue weighted by molar-refractivity contribution is 6.31. The Labute approximate surface area is 116 Å². The summed E-state index contributed by atoms with van der Waals surface area (Å²) in [5.74, 6) is 0. The summed E-state index contributed by atoms with van der Waals surface area (Å²) in [4.78, 5) is 11.1. The molecule has 4 heteroatoms. The normalized spacial score (nSPS) is 10.9. The van der Waals surface area contributed by atoms with Crippen LogP contribution in [0.15, 0.2) is 46.6 Å². The average Bonchev–Trinajstić information content (AvgIpc) is 2.40. The lowest BCUT2D eigenvalue weighted by atomic mass is 10.1. The first-order valence-corrected chi connectivity index (χ1v) is 6.22. The summed E-state index contributed by atoms with van der Waals surface area (Å²) in [6.45, 7) is 3.78. The maximum Gasteiger partial charge on any atom is 0.152 e. The van der Waals surface area contributed by atoms with Crippen LogP contribution in [0.25, 0.3) is 0 Å². The summed E-state index contributed by atoms with van der Waals surface area (Å²) in [6.07, 6.45) is 0.756. The summed E-state index contributed by atoms with van der Waals surface area (Å²) >= 11 is 5.97. The molecule has 0 spiro atoms. The number of azo groups is 1. The predicted octanol–water partition coefficient (Wildman–Crippen LogP) is 5.18. The Morgan fingerprint density at radius 2 is 1.89 bits per heavy atom. The number of aldehydes is 1. The molecular weight excluding hydrogens is 260 g/mol. The van der Waals surface area contributed by atoms with Crippen molar-refractivity contribution in [2.45, 2.75) is 13.8 Å². The zero-order valence-electron chi connectivity index (χ0n) is 10.7. The molecule has 0 amide bonds. The van der Waals surface area contributed by atoms with Gasteiger partial charge in [-0.25, -0.2) is 0 Å². The quantitative estimate of drug-likeness (QED) is 0.560. The summed E-state index contributed by atoms with van der Waals surface area (Å²) in [6, 6.07) is 11.1. The molecule has 0 aliphatic carbocycles. The predicted molar refractivity (Wildman–Crippen MR) is 76.9 cm³/mol. The Hall–Kier alpha value is -2.00. The fraction of sp³-hybridized carbons (Fsp3) is 0.133. The van der Waals surface area contributed by atoms with Crippen molar-refractivity contribution in [1.29, 1.82) is 0 Å². The van der Waals surface area contributed by atoms with Gasteiger partial charge in [-0.05, 0) is 49.2 Å². The second kappa shape index (κ2) is 5.76. The highest BCUT2D eigenvalue weighted by atomic mass is 35.5. The van der Waals surface area contributed by atoms with E-state index in [-0.39, 0.29) is 0 Å². The first-order chi connectivity index (χ1) is 9.11. The molecule has 0 aliphatic heterocycles. The van der Waals surface area contributed by atoms with E-state index in [4.69, 9.17) is 11.6 Å². The number of nitrogens with zero attached hydrogens (tertiary/aromatic N) is 2. The first-order valence-electron chi connectivity index (χ1n) is 5.84. The van der Waals surface area contributed by atoms with E-state index < -0.39 is 0 Å². The van der Waals surface area contributed by atoms with Gasteiger partial charge in [-0.1, -0.05) is 23.7 Å². The zero-order chi connectivity index (χ0) is 13.8. The van der Waals surface area contributed by atoms with Crippen molar-refractivity contribution >= 4 is 29.3 Å². The van der Waals surface area contributed by atoms with Crippen molar-refractivity contribution in [3.63, 3.8) is 0 Å². The van der Waals surface area contributed by atoms with E-state index in [9.17, 15) is 4.79 Å². The maximum absolute atomic E-state index is 11.1. The first kappa shape index (κ1) is 13.4. The van der Waals surface area contributed by atoms with Gasteiger partial charge in [0, 0.05) is 10.6 Å². The largest absolute Gasteiger partial charge is 0.298 e.